The summed E-state index contributed by atoms with van der Waals surface area (Å²) in [6.07, 6.45) is 2.77. The fourth-order valence-corrected chi connectivity index (χ4v) is 7.23. The van der Waals surface area contributed by atoms with Crippen molar-refractivity contribution < 1.29 is 13.2 Å². The summed E-state index contributed by atoms with van der Waals surface area (Å²) in [5.74, 6) is 0.156. The first kappa shape index (κ1) is 24.6. The van der Waals surface area contributed by atoms with E-state index >= 15 is 0 Å². The normalized spacial score (nSPS) is 16.9. The highest BCUT2D eigenvalue weighted by Crippen LogP contribution is 2.30. The van der Waals surface area contributed by atoms with Crippen molar-refractivity contribution in [1.82, 2.24) is 19.1 Å². The number of sulfonamides is 1. The van der Waals surface area contributed by atoms with E-state index in [1.165, 1.54) is 34.6 Å². The van der Waals surface area contributed by atoms with Crippen LogP contribution in [0.4, 0.5) is 5.82 Å². The van der Waals surface area contributed by atoms with Gasteiger partial charge >= 0.3 is 0 Å². The minimum Gasteiger partial charge on any atom is -0.306 e. The summed E-state index contributed by atoms with van der Waals surface area (Å²) in [6.45, 7) is 8.45. The summed E-state index contributed by atoms with van der Waals surface area (Å²) in [5.41, 5.74) is 4.37. The number of hydrogen-bond donors (Lipinski definition) is 1. The lowest BCUT2D eigenvalue weighted by Crippen LogP contribution is -2.41. The quantitative estimate of drug-likeness (QED) is 0.387. The average molecular weight is 524 g/mol. The summed E-state index contributed by atoms with van der Waals surface area (Å²) in [7, 11) is -3.59. The minimum absolute atomic E-state index is 0.0226. The van der Waals surface area contributed by atoms with Gasteiger partial charge in [-0.3, -0.25) is 4.79 Å². The van der Waals surface area contributed by atoms with Crippen molar-refractivity contribution in [2.45, 2.75) is 57.9 Å². The number of amides is 1. The molecule has 5 rings (SSSR count). The fourth-order valence-electron chi connectivity index (χ4n) is 4.52. The monoisotopic (exact) mass is 523 g/mol. The van der Waals surface area contributed by atoms with Gasteiger partial charge in [-0.2, -0.15) is 14.1 Å². The predicted molar refractivity (Wildman–Crippen MR) is 143 cm³/mol. The van der Waals surface area contributed by atoms with Crippen molar-refractivity contribution in [3.05, 3.63) is 64.8 Å². The van der Waals surface area contributed by atoms with Crippen molar-refractivity contribution in [2.75, 3.05) is 11.9 Å². The maximum absolute atomic E-state index is 13.1. The molecule has 1 aliphatic heterocycles. The van der Waals surface area contributed by atoms with Crippen LogP contribution in [0.5, 0.6) is 0 Å². The molecule has 3 heterocycles. The van der Waals surface area contributed by atoms with Crippen molar-refractivity contribution in [2.24, 2.45) is 0 Å². The van der Waals surface area contributed by atoms with Crippen LogP contribution in [-0.4, -0.2) is 46.0 Å². The lowest BCUT2D eigenvalue weighted by molar-refractivity contribution is 0.102. The fraction of sp³-hybridized carbons (Fsp3) is 0.346. The van der Waals surface area contributed by atoms with Crippen LogP contribution < -0.4 is 5.32 Å². The van der Waals surface area contributed by atoms with E-state index in [1.54, 1.807) is 27.2 Å². The summed E-state index contributed by atoms with van der Waals surface area (Å²) >= 11 is 1.51. The van der Waals surface area contributed by atoms with Crippen molar-refractivity contribution >= 4 is 43.3 Å². The zero-order chi connectivity index (χ0) is 25.6. The molecule has 188 valence electrons. The molecule has 36 heavy (non-hydrogen) atoms. The Morgan fingerprint density at radius 2 is 1.78 bits per heavy atom. The molecule has 1 fully saturated rings. The van der Waals surface area contributed by atoms with Gasteiger partial charge in [0.15, 0.2) is 0 Å². The Kier molecular flexibility index (Phi) is 6.44. The number of anilines is 1. The summed E-state index contributed by atoms with van der Waals surface area (Å²) in [4.78, 5) is 18.0. The molecule has 0 saturated carbocycles. The molecule has 1 amide bonds. The second-order valence-electron chi connectivity index (χ2n) is 9.42. The van der Waals surface area contributed by atoms with Crippen molar-refractivity contribution in [3.8, 4) is 5.13 Å². The van der Waals surface area contributed by atoms with Gasteiger partial charge in [-0.1, -0.05) is 17.8 Å². The Balaban J connectivity index is 1.38. The van der Waals surface area contributed by atoms with Gasteiger partial charge in [0.1, 0.15) is 5.82 Å². The molecule has 2 aromatic carbocycles. The number of rotatable bonds is 5. The number of benzene rings is 2. The maximum Gasteiger partial charge on any atom is 0.256 e. The molecule has 0 aliphatic carbocycles. The molecular formula is C26H29N5O3S2. The number of carbonyl (C=O) groups is 1. The van der Waals surface area contributed by atoms with Gasteiger partial charge < -0.3 is 5.32 Å². The third-order valence-corrected chi connectivity index (χ3v) is 9.73. The van der Waals surface area contributed by atoms with E-state index in [-0.39, 0.29) is 16.8 Å². The minimum atomic E-state index is -3.59. The second kappa shape index (κ2) is 9.42. The van der Waals surface area contributed by atoms with E-state index in [0.29, 0.717) is 23.1 Å². The molecule has 1 saturated heterocycles. The number of aromatic nitrogens is 3. The molecule has 1 unspecified atom stereocenters. The predicted octanol–water partition coefficient (Wildman–Crippen LogP) is 5.22. The Morgan fingerprint density at radius 1 is 1.06 bits per heavy atom. The third kappa shape index (κ3) is 4.56. The molecule has 1 N–H and O–H groups in total. The number of hydrogen-bond acceptors (Lipinski definition) is 6. The highest BCUT2D eigenvalue weighted by molar-refractivity contribution is 7.89. The Morgan fingerprint density at radius 3 is 2.50 bits per heavy atom. The van der Waals surface area contributed by atoms with Crippen molar-refractivity contribution in [1.29, 1.82) is 0 Å². The van der Waals surface area contributed by atoms with Crippen LogP contribution in [0.2, 0.25) is 0 Å². The number of piperidine rings is 1. The number of fused-ring (bicyclic) bond motifs is 1. The van der Waals surface area contributed by atoms with Crippen LogP contribution in [0.3, 0.4) is 0 Å². The average Bonchev–Trinajstić information content (AvgIpc) is 3.41. The van der Waals surface area contributed by atoms with Gasteiger partial charge in [0, 0.05) is 24.2 Å². The number of aryl methyl sites for hydroxylation is 3. The van der Waals surface area contributed by atoms with Crippen LogP contribution in [0.1, 0.15) is 53.4 Å². The largest absolute Gasteiger partial charge is 0.306 e. The molecular weight excluding hydrogens is 494 g/mol. The maximum atomic E-state index is 13.1. The Labute approximate surface area is 215 Å². The lowest BCUT2D eigenvalue weighted by atomic mass is 10.1. The second-order valence-corrected chi connectivity index (χ2v) is 12.3. The van der Waals surface area contributed by atoms with Gasteiger partial charge in [0.05, 0.1) is 20.8 Å². The van der Waals surface area contributed by atoms with E-state index in [0.717, 1.165) is 35.2 Å². The zero-order valence-corrected chi connectivity index (χ0v) is 22.4. The SMILES string of the molecule is Cc1cc(NC(=O)c2ccc(S(=O)(=O)N3CCCCC3C)cc2)n(-c2nc3cc(C)c(C)cc3s2)n1. The molecule has 0 radical (unpaired) electrons. The highest BCUT2D eigenvalue weighted by atomic mass is 32.2. The molecule has 1 atom stereocenters. The van der Waals surface area contributed by atoms with Crippen LogP contribution in [0.15, 0.2) is 47.4 Å². The van der Waals surface area contributed by atoms with Crippen LogP contribution in [-0.2, 0) is 10.0 Å². The summed E-state index contributed by atoms with van der Waals surface area (Å²) in [6, 6.07) is 12.0. The van der Waals surface area contributed by atoms with Gasteiger partial charge in [0.25, 0.3) is 5.91 Å². The Hall–Kier alpha value is -3.08. The van der Waals surface area contributed by atoms with Crippen LogP contribution in [0, 0.1) is 20.8 Å². The first-order valence-corrected chi connectivity index (χ1v) is 14.3. The first-order valence-electron chi connectivity index (χ1n) is 12.0. The molecule has 0 bridgehead atoms. The Bertz CT molecular complexity index is 1520. The number of carbonyl (C=O) groups excluding carboxylic acids is 1. The van der Waals surface area contributed by atoms with Crippen molar-refractivity contribution in [3.63, 3.8) is 0 Å². The van der Waals surface area contributed by atoms with Gasteiger partial charge in [-0.05, 0) is 88.1 Å². The van der Waals surface area contributed by atoms with Crippen LogP contribution >= 0.6 is 11.3 Å². The number of nitrogens with zero attached hydrogens (tertiary/aromatic N) is 4. The first-order chi connectivity index (χ1) is 17.1. The molecule has 2 aromatic heterocycles. The van der Waals surface area contributed by atoms with Gasteiger partial charge in [-0.15, -0.1) is 0 Å². The molecule has 4 aromatic rings. The topological polar surface area (TPSA) is 97.2 Å². The van der Waals surface area contributed by atoms with Gasteiger partial charge in [0.2, 0.25) is 15.2 Å². The summed E-state index contributed by atoms with van der Waals surface area (Å²) in [5, 5.41) is 8.11. The van der Waals surface area contributed by atoms with E-state index in [1.807, 2.05) is 13.8 Å². The van der Waals surface area contributed by atoms with E-state index in [9.17, 15) is 13.2 Å². The highest BCUT2D eigenvalue weighted by Gasteiger charge is 2.31. The molecule has 1 aliphatic rings. The van der Waals surface area contributed by atoms with Crippen LogP contribution in [0.25, 0.3) is 15.3 Å². The van der Waals surface area contributed by atoms with Gasteiger partial charge in [-0.25, -0.2) is 13.4 Å². The smallest absolute Gasteiger partial charge is 0.256 e. The van der Waals surface area contributed by atoms with E-state index < -0.39 is 10.0 Å². The standard InChI is InChI=1S/C26H29N5O3S2/c1-16-13-22-23(14-17(16)2)35-26(27-22)31-24(15-18(3)29-31)28-25(32)20-8-10-21(11-9-20)36(33,34)30-12-6-5-7-19(30)4/h8-11,13-15,19H,5-7,12H2,1-4H3,(H,28,32). The van der Waals surface area contributed by atoms with E-state index in [4.69, 9.17) is 4.98 Å². The molecule has 8 nitrogen and oxygen atoms in total. The zero-order valence-electron chi connectivity index (χ0n) is 20.8. The molecule has 0 spiro atoms. The third-order valence-electron chi connectivity index (χ3n) is 6.71. The lowest BCUT2D eigenvalue weighted by Gasteiger charge is -2.32. The molecule has 10 heteroatoms. The van der Waals surface area contributed by atoms with E-state index in [2.05, 4.69) is 36.4 Å². The number of nitrogens with one attached hydrogen (secondary N) is 1. The number of thiazole rings is 1. The summed E-state index contributed by atoms with van der Waals surface area (Å²) < 4.78 is 30.5.